The molecule has 66 heavy (non-hydrogen) atoms. The molecule has 2 atom stereocenters. The van der Waals surface area contributed by atoms with Gasteiger partial charge in [0.05, 0.1) is 12.6 Å². The van der Waals surface area contributed by atoms with Gasteiger partial charge in [-0.3, -0.25) is 24.2 Å². The first-order valence-electron chi connectivity index (χ1n) is 26.3. The Morgan fingerprint density at radius 1 is 0.591 bits per heavy atom. The maximum Gasteiger partial charge on any atom is 0.306 e. The minimum Gasteiger partial charge on any atom is -0.461 e. The highest BCUT2D eigenvalue weighted by Crippen LogP contribution is 2.13. The Balaban J connectivity index is 2.47. The second kappa shape index (κ2) is 44.7. The average Bonchev–Trinajstić information content (AvgIpc) is 3.32. The smallest absolute Gasteiger partial charge is 0.306 e. The van der Waals surface area contributed by atoms with Crippen LogP contribution in [0.5, 0.6) is 0 Å². The van der Waals surface area contributed by atoms with Crippen LogP contribution in [0.25, 0.3) is 0 Å². The van der Waals surface area contributed by atoms with Gasteiger partial charge in [0.25, 0.3) is 11.8 Å². The van der Waals surface area contributed by atoms with E-state index >= 15 is 0 Å². The van der Waals surface area contributed by atoms with Gasteiger partial charge in [0.15, 0.2) is 0 Å². The number of amides is 2. The number of nitrogens with one attached hydrogen (secondary N) is 2. The number of nitrogens with two attached hydrogens (primary N) is 1. The quantitative estimate of drug-likeness (QED) is 0.0191. The fourth-order valence-electron chi connectivity index (χ4n) is 7.43. The third kappa shape index (κ3) is 37.0. The zero-order valence-corrected chi connectivity index (χ0v) is 41.6. The van der Waals surface area contributed by atoms with Gasteiger partial charge >= 0.3 is 11.9 Å². The summed E-state index contributed by atoms with van der Waals surface area (Å²) in [5.41, 5.74) is 6.92. The SMILES string of the molecule is CCCCCCCC/C=C\CCCCCCCC(=O)OCC(OC(=O)CCCCCCC/C=C\CCCCCCCC)C(=O)NCCN=Cc1ccc(C(=O)NCCCCC(N)C=O)cc1. The molecule has 0 saturated heterocycles. The fourth-order valence-corrected chi connectivity index (χ4v) is 7.43. The van der Waals surface area contributed by atoms with Crippen molar-refractivity contribution in [3.63, 3.8) is 0 Å². The van der Waals surface area contributed by atoms with E-state index in [1.165, 1.54) is 89.9 Å². The molecule has 0 fully saturated rings. The number of aldehydes is 1. The van der Waals surface area contributed by atoms with Crippen LogP contribution >= 0.6 is 0 Å². The average molecular weight is 921 g/mol. The van der Waals surface area contributed by atoms with E-state index in [4.69, 9.17) is 15.2 Å². The van der Waals surface area contributed by atoms with Gasteiger partial charge in [-0.25, -0.2) is 0 Å². The van der Waals surface area contributed by atoms with Gasteiger partial charge in [-0.1, -0.05) is 153 Å². The third-order valence-corrected chi connectivity index (χ3v) is 11.6. The van der Waals surface area contributed by atoms with Crippen LogP contribution in [0.15, 0.2) is 53.6 Å². The van der Waals surface area contributed by atoms with E-state index in [-0.39, 0.29) is 38.4 Å². The molecule has 0 bridgehead atoms. The standard InChI is InChI=1S/C55H92N4O7/c1-3-5-7-9-11-13-15-17-19-21-23-25-27-29-31-36-52(61)65-47-51(66-53(62)37-32-30-28-26-24-22-20-18-16-14-12-10-8-6-4-2)55(64)59-44-43-57-45-48-38-40-49(41-39-48)54(63)58-42-34-33-35-50(56)46-60/h17-20,38-41,45-46,50-51H,3-16,21-37,42-44,47,56H2,1-2H3,(H,58,63)(H,59,64)/b19-17-,20-18-,57-45?. The second-order valence-electron chi connectivity index (χ2n) is 17.8. The van der Waals surface area contributed by atoms with E-state index in [0.717, 1.165) is 88.9 Å². The van der Waals surface area contributed by atoms with E-state index in [2.05, 4.69) is 53.8 Å². The Bertz CT molecular complexity index is 1460. The Kier molecular flexibility index (Phi) is 40.6. The highest BCUT2D eigenvalue weighted by molar-refractivity contribution is 5.95. The number of carbonyl (C=O) groups is 5. The van der Waals surface area contributed by atoms with Gasteiger partial charge in [0.2, 0.25) is 6.10 Å². The van der Waals surface area contributed by atoms with Crippen LogP contribution in [0.1, 0.15) is 229 Å². The molecule has 1 aromatic rings. The molecule has 0 spiro atoms. The lowest BCUT2D eigenvalue weighted by Gasteiger charge is -2.17. The van der Waals surface area contributed by atoms with Crippen molar-refractivity contribution in [2.75, 3.05) is 26.2 Å². The molecule has 0 aliphatic carbocycles. The van der Waals surface area contributed by atoms with Crippen molar-refractivity contribution in [3.05, 3.63) is 59.7 Å². The van der Waals surface area contributed by atoms with Crippen LogP contribution in [-0.4, -0.2) is 74.6 Å². The van der Waals surface area contributed by atoms with E-state index in [0.29, 0.717) is 31.4 Å². The summed E-state index contributed by atoms with van der Waals surface area (Å²) in [6.07, 6.45) is 43.2. The fraction of sp³-hybridized carbons (Fsp3) is 0.709. The monoisotopic (exact) mass is 921 g/mol. The predicted octanol–water partition coefficient (Wildman–Crippen LogP) is 12.2. The van der Waals surface area contributed by atoms with Crippen LogP contribution in [0.2, 0.25) is 0 Å². The Labute approximate surface area is 400 Å². The zero-order valence-electron chi connectivity index (χ0n) is 41.6. The summed E-state index contributed by atoms with van der Waals surface area (Å²) in [5, 5.41) is 5.65. The number of esters is 2. The molecule has 0 heterocycles. The van der Waals surface area contributed by atoms with E-state index in [9.17, 15) is 24.0 Å². The van der Waals surface area contributed by atoms with Gasteiger partial charge in [-0.2, -0.15) is 0 Å². The van der Waals surface area contributed by atoms with Gasteiger partial charge in [0.1, 0.15) is 12.9 Å². The molecule has 374 valence electrons. The first-order chi connectivity index (χ1) is 32.3. The Hall–Kier alpha value is -4.12. The molecule has 1 aromatic carbocycles. The van der Waals surface area contributed by atoms with Gasteiger partial charge < -0.3 is 30.6 Å². The maximum atomic E-state index is 13.2. The molecule has 0 aliphatic heterocycles. The van der Waals surface area contributed by atoms with Crippen LogP contribution in [0.4, 0.5) is 0 Å². The second-order valence-corrected chi connectivity index (χ2v) is 17.8. The molecule has 0 radical (unpaired) electrons. The first kappa shape index (κ1) is 59.9. The van der Waals surface area contributed by atoms with Crippen molar-refractivity contribution >= 4 is 36.3 Å². The first-order valence-corrected chi connectivity index (χ1v) is 26.3. The molecule has 2 unspecified atom stereocenters. The summed E-state index contributed by atoms with van der Waals surface area (Å²) in [6.45, 7) is 5.13. The van der Waals surface area contributed by atoms with Crippen LogP contribution < -0.4 is 16.4 Å². The molecule has 4 N–H and O–H groups in total. The van der Waals surface area contributed by atoms with E-state index in [1.807, 2.05) is 0 Å². The molecule has 11 heteroatoms. The Morgan fingerprint density at radius 2 is 1.08 bits per heavy atom. The predicted molar refractivity (Wildman–Crippen MR) is 272 cm³/mol. The van der Waals surface area contributed by atoms with Crippen LogP contribution in [0, 0.1) is 0 Å². The molecule has 1 rings (SSSR count). The van der Waals surface area contributed by atoms with Gasteiger partial charge in [0, 0.05) is 37.7 Å². The van der Waals surface area contributed by atoms with Gasteiger partial charge in [-0.15, -0.1) is 0 Å². The topological polar surface area (TPSA) is 166 Å². The summed E-state index contributed by atoms with van der Waals surface area (Å²) in [6, 6.07) is 6.55. The van der Waals surface area contributed by atoms with Crippen LogP contribution in [-0.2, 0) is 28.7 Å². The number of hydrogen-bond donors (Lipinski definition) is 3. The van der Waals surface area contributed by atoms with Crippen molar-refractivity contribution < 1.29 is 33.4 Å². The molecular weight excluding hydrogens is 829 g/mol. The summed E-state index contributed by atoms with van der Waals surface area (Å²) in [4.78, 5) is 66.2. The number of rotatable bonds is 45. The molecule has 2 amide bonds. The summed E-state index contributed by atoms with van der Waals surface area (Å²) in [5.74, 6) is -1.59. The van der Waals surface area contributed by atoms with Gasteiger partial charge in [-0.05, 0) is 101 Å². The van der Waals surface area contributed by atoms with E-state index in [1.54, 1.807) is 30.5 Å². The zero-order chi connectivity index (χ0) is 48.0. The lowest BCUT2D eigenvalue weighted by molar-refractivity contribution is -0.164. The highest BCUT2D eigenvalue weighted by Gasteiger charge is 2.24. The van der Waals surface area contributed by atoms with Crippen molar-refractivity contribution in [1.82, 2.24) is 10.6 Å². The number of unbranched alkanes of at least 4 members (excludes halogenated alkanes) is 23. The molecule has 0 aromatic heterocycles. The van der Waals surface area contributed by atoms with Crippen molar-refractivity contribution in [2.24, 2.45) is 10.7 Å². The maximum absolute atomic E-state index is 13.2. The number of carbonyl (C=O) groups excluding carboxylic acids is 5. The largest absolute Gasteiger partial charge is 0.461 e. The lowest BCUT2D eigenvalue weighted by Crippen LogP contribution is -2.42. The number of aliphatic imine (C=N–C) groups is 1. The van der Waals surface area contributed by atoms with E-state index < -0.39 is 30.0 Å². The summed E-state index contributed by atoms with van der Waals surface area (Å²) in [7, 11) is 0. The normalized spacial score (nSPS) is 12.5. The van der Waals surface area contributed by atoms with Crippen LogP contribution in [0.3, 0.4) is 0 Å². The van der Waals surface area contributed by atoms with Crippen molar-refractivity contribution in [3.8, 4) is 0 Å². The number of nitrogens with zero attached hydrogens (tertiary/aromatic N) is 1. The number of allylic oxidation sites excluding steroid dienone is 4. The van der Waals surface area contributed by atoms with Crippen molar-refractivity contribution in [1.29, 1.82) is 0 Å². The minimum atomic E-state index is -1.24. The number of hydrogen-bond acceptors (Lipinski definition) is 9. The molecule has 0 aliphatic rings. The third-order valence-electron chi connectivity index (χ3n) is 11.6. The minimum absolute atomic E-state index is 0.183. The number of benzene rings is 1. The highest BCUT2D eigenvalue weighted by atomic mass is 16.6. The van der Waals surface area contributed by atoms with Crippen molar-refractivity contribution in [2.45, 2.75) is 225 Å². The Morgan fingerprint density at radius 3 is 1.59 bits per heavy atom. The molecule has 11 nitrogen and oxygen atoms in total. The molecular formula is C55H92N4O7. The summed E-state index contributed by atoms with van der Waals surface area (Å²) >= 11 is 0. The summed E-state index contributed by atoms with van der Waals surface area (Å²) < 4.78 is 11.1. The number of ether oxygens (including phenoxy) is 2. The molecule has 0 saturated carbocycles. The lowest BCUT2D eigenvalue weighted by atomic mass is 10.1.